The number of esters is 1. The largest absolute Gasteiger partial charge is 0.516 e. The van der Waals surface area contributed by atoms with Crippen LogP contribution in [-0.2, 0) is 34.6 Å². The average Bonchev–Trinajstić information content (AvgIpc) is 3.35. The molecule has 6 aromatic carbocycles. The van der Waals surface area contributed by atoms with E-state index in [1.807, 2.05) is 12.1 Å². The fourth-order valence-electron chi connectivity index (χ4n) is 8.19. The minimum absolute atomic E-state index is 0.228. The predicted octanol–water partition coefficient (Wildman–Crippen LogP) is 15.6. The molecule has 0 bridgehead atoms. The highest BCUT2D eigenvalue weighted by Gasteiger charge is 2.36. The molecule has 1 aliphatic carbocycles. The van der Waals surface area contributed by atoms with E-state index >= 15 is 0 Å². The lowest BCUT2D eigenvalue weighted by atomic mass is 9.64. The van der Waals surface area contributed by atoms with Crippen molar-refractivity contribution < 1.29 is 47.5 Å². The second kappa shape index (κ2) is 27.5. The van der Waals surface area contributed by atoms with Crippen LogP contribution in [0.1, 0.15) is 121 Å². The first-order valence-electron chi connectivity index (χ1n) is 24.5. The molecule has 0 atom stereocenters. The third-order valence-corrected chi connectivity index (χ3v) is 12.9. The van der Waals surface area contributed by atoms with Gasteiger partial charge in [0.1, 0.15) is 17.2 Å². The van der Waals surface area contributed by atoms with Gasteiger partial charge in [0.15, 0.2) is 0 Å². The second-order valence-electron chi connectivity index (χ2n) is 19.4. The van der Waals surface area contributed by atoms with E-state index in [9.17, 15) is 14.4 Å². The lowest BCUT2D eigenvalue weighted by molar-refractivity contribution is -0.151. The van der Waals surface area contributed by atoms with Crippen LogP contribution in [0.15, 0.2) is 121 Å². The van der Waals surface area contributed by atoms with Gasteiger partial charge in [-0.25, -0.2) is 9.59 Å². The first-order chi connectivity index (χ1) is 34.1. The third kappa shape index (κ3) is 17.7. The van der Waals surface area contributed by atoms with Gasteiger partial charge in [0.2, 0.25) is 13.6 Å². The zero-order chi connectivity index (χ0) is 53.0. The number of methoxy groups -OCH3 is 2. The van der Waals surface area contributed by atoms with Crippen molar-refractivity contribution in [3.05, 3.63) is 183 Å². The fourth-order valence-corrected chi connectivity index (χ4v) is 8.19. The summed E-state index contributed by atoms with van der Waals surface area (Å²) in [7, 11) is 3.22. The van der Waals surface area contributed by atoms with Crippen LogP contribution >= 0.6 is 0 Å². The zero-order valence-corrected chi connectivity index (χ0v) is 45.1. The first kappa shape index (κ1) is 57.5. The summed E-state index contributed by atoms with van der Waals surface area (Å²) in [6.45, 7) is 23.1. The summed E-state index contributed by atoms with van der Waals surface area (Å²) in [5.74, 6) is 1.25. The van der Waals surface area contributed by atoms with Crippen molar-refractivity contribution in [1.82, 2.24) is 0 Å². The maximum absolute atomic E-state index is 11.6. The van der Waals surface area contributed by atoms with Gasteiger partial charge in [0.05, 0.1) is 14.2 Å². The van der Waals surface area contributed by atoms with E-state index in [0.717, 1.165) is 12.7 Å². The Kier molecular flexibility index (Phi) is 22.0. The van der Waals surface area contributed by atoms with Gasteiger partial charge in [-0.05, 0) is 159 Å². The Morgan fingerprint density at radius 1 is 0.472 bits per heavy atom. The van der Waals surface area contributed by atoms with Crippen LogP contribution in [0.3, 0.4) is 0 Å². The molecule has 0 saturated heterocycles. The first-order valence-corrected chi connectivity index (χ1v) is 24.5. The standard InChI is InChI=1S/C22H28.C15H18O9.C14H14.C11H16O/c1-16-8-10-20(14-18(16)3)22(12-6-5-7-13-22)21-11-9-17(2)19(4)15-21;1-9-5-12(19-4)6-10(2)13(9)24-15(18)23-8-22-14(17)21-7-20-11(3)16;1-11-3-7-13(8-4-11)14-9-5-12(2)6-10-14;1-11(2,3)9-5-7-10(12-4)8-6-9/h8-11,14-15H,5-7,12-13H2,1-4H3;5-6H,7-8H2,1-4H3;3-10H,1-2H3;5-8H,1-4H3. The summed E-state index contributed by atoms with van der Waals surface area (Å²) in [4.78, 5) is 33.1. The van der Waals surface area contributed by atoms with E-state index in [0.29, 0.717) is 22.6 Å². The molecule has 1 saturated carbocycles. The molecule has 10 nitrogen and oxygen atoms in total. The van der Waals surface area contributed by atoms with Crippen LogP contribution in [-0.4, -0.2) is 46.1 Å². The van der Waals surface area contributed by atoms with Gasteiger partial charge in [0, 0.05) is 12.3 Å². The maximum Gasteiger partial charge on any atom is 0.516 e. The Hall–Kier alpha value is -7.07. The lowest BCUT2D eigenvalue weighted by Gasteiger charge is -2.39. The summed E-state index contributed by atoms with van der Waals surface area (Å²) >= 11 is 0. The van der Waals surface area contributed by atoms with E-state index in [-0.39, 0.29) is 10.8 Å². The smallest absolute Gasteiger partial charge is 0.497 e. The van der Waals surface area contributed by atoms with Crippen LogP contribution in [0.4, 0.5) is 9.59 Å². The number of hydrogen-bond donors (Lipinski definition) is 0. The van der Waals surface area contributed by atoms with Crippen molar-refractivity contribution in [2.45, 2.75) is 126 Å². The molecule has 0 aromatic heterocycles. The summed E-state index contributed by atoms with van der Waals surface area (Å²) in [6.07, 6.45) is 4.44. The molecule has 384 valence electrons. The van der Waals surface area contributed by atoms with Crippen LogP contribution in [0, 0.1) is 55.4 Å². The molecule has 7 rings (SSSR count). The summed E-state index contributed by atoms with van der Waals surface area (Å²) in [5, 5.41) is 0. The van der Waals surface area contributed by atoms with Crippen LogP contribution in [0.5, 0.6) is 17.2 Å². The molecule has 0 heterocycles. The molecule has 1 fully saturated rings. The van der Waals surface area contributed by atoms with E-state index < -0.39 is 31.9 Å². The second-order valence-corrected chi connectivity index (χ2v) is 19.4. The highest BCUT2D eigenvalue weighted by atomic mass is 16.8. The summed E-state index contributed by atoms with van der Waals surface area (Å²) < 4.78 is 33.0. The highest BCUT2D eigenvalue weighted by Crippen LogP contribution is 2.45. The van der Waals surface area contributed by atoms with Gasteiger partial charge < -0.3 is 33.2 Å². The van der Waals surface area contributed by atoms with Gasteiger partial charge in [0.25, 0.3) is 0 Å². The van der Waals surface area contributed by atoms with Crippen molar-refractivity contribution >= 4 is 18.3 Å². The summed E-state index contributed by atoms with van der Waals surface area (Å²) in [6, 6.07) is 43.1. The predicted molar refractivity (Wildman–Crippen MR) is 287 cm³/mol. The topological polar surface area (TPSA) is 116 Å². The number of ether oxygens (including phenoxy) is 7. The zero-order valence-electron chi connectivity index (χ0n) is 45.1. The van der Waals surface area contributed by atoms with Crippen LogP contribution in [0.25, 0.3) is 11.1 Å². The van der Waals surface area contributed by atoms with E-state index in [1.54, 1.807) is 33.1 Å². The minimum atomic E-state index is -1.17. The minimum Gasteiger partial charge on any atom is -0.497 e. The van der Waals surface area contributed by atoms with Crippen molar-refractivity contribution in [3.63, 3.8) is 0 Å². The molecule has 72 heavy (non-hydrogen) atoms. The van der Waals surface area contributed by atoms with Crippen molar-refractivity contribution in [2.24, 2.45) is 0 Å². The van der Waals surface area contributed by atoms with Gasteiger partial charge in [-0.2, -0.15) is 0 Å². The Bertz CT molecular complexity index is 2550. The van der Waals surface area contributed by atoms with E-state index in [4.69, 9.17) is 14.2 Å². The molecule has 0 spiro atoms. The number of benzene rings is 6. The van der Waals surface area contributed by atoms with Gasteiger partial charge in [-0.3, -0.25) is 4.79 Å². The van der Waals surface area contributed by atoms with Crippen LogP contribution in [0.2, 0.25) is 0 Å². The Morgan fingerprint density at radius 2 is 0.903 bits per heavy atom. The number of carbonyl (C=O) groups is 3. The summed E-state index contributed by atoms with van der Waals surface area (Å²) in [5.41, 5.74) is 17.0. The molecular weight excluding hydrogens is 905 g/mol. The van der Waals surface area contributed by atoms with Gasteiger partial charge >= 0.3 is 18.3 Å². The molecule has 0 aliphatic heterocycles. The number of rotatable bonds is 10. The average molecular weight is 981 g/mol. The Labute approximate surface area is 428 Å². The third-order valence-electron chi connectivity index (χ3n) is 12.9. The van der Waals surface area contributed by atoms with Crippen LogP contribution < -0.4 is 14.2 Å². The quantitative estimate of drug-likeness (QED) is 0.0746. The van der Waals surface area contributed by atoms with Crippen molar-refractivity contribution in [1.29, 1.82) is 0 Å². The number of hydrogen-bond acceptors (Lipinski definition) is 10. The Morgan fingerprint density at radius 3 is 1.31 bits per heavy atom. The van der Waals surface area contributed by atoms with Gasteiger partial charge in [-0.15, -0.1) is 0 Å². The molecule has 10 heteroatoms. The van der Waals surface area contributed by atoms with E-state index in [2.05, 4.69) is 178 Å². The molecule has 0 N–H and O–H groups in total. The highest BCUT2D eigenvalue weighted by molar-refractivity contribution is 5.67. The van der Waals surface area contributed by atoms with E-state index in [1.165, 1.54) is 100 Å². The monoisotopic (exact) mass is 981 g/mol. The SMILES string of the molecule is COc1cc(C)c(OC(=O)OCOC(=O)OCOC(C)=O)c(C)c1.COc1ccc(C(C)(C)C)cc1.Cc1ccc(-c2ccc(C)cc2)cc1.Cc1ccc(C2(c3ccc(C)c(C)c3)CCCCC2)cc1C. The van der Waals surface area contributed by atoms with Crippen molar-refractivity contribution in [3.8, 4) is 28.4 Å². The molecule has 6 aromatic rings. The molecule has 0 amide bonds. The lowest BCUT2D eigenvalue weighted by Crippen LogP contribution is -2.30. The molecule has 0 unspecified atom stereocenters. The maximum atomic E-state index is 11.6. The molecule has 0 radical (unpaired) electrons. The number of carbonyl (C=O) groups excluding carboxylic acids is 3. The normalized spacial score (nSPS) is 12.4. The molecular formula is C62H76O10. The fraction of sp³-hybridized carbons (Fsp3) is 0.371. The molecule has 1 aliphatic rings. The van der Waals surface area contributed by atoms with Gasteiger partial charge in [-0.1, -0.05) is 148 Å². The Balaban J connectivity index is 0.000000216. The van der Waals surface area contributed by atoms with Crippen molar-refractivity contribution in [2.75, 3.05) is 27.8 Å². The number of aryl methyl sites for hydroxylation is 8.